The monoisotopic (exact) mass is 255 g/mol. The van der Waals surface area contributed by atoms with Gasteiger partial charge in [0.1, 0.15) is 0 Å². The molecular weight excluding hydrogens is 236 g/mol. The molecule has 0 aromatic heterocycles. The van der Waals surface area contributed by atoms with Gasteiger partial charge in [-0.05, 0) is 32.4 Å². The van der Waals surface area contributed by atoms with E-state index in [4.69, 9.17) is 0 Å². The Morgan fingerprint density at radius 1 is 1.39 bits per heavy atom. The molecule has 0 heterocycles. The summed E-state index contributed by atoms with van der Waals surface area (Å²) in [5.74, 6) is -1.84. The van der Waals surface area contributed by atoms with Crippen LogP contribution in [0.3, 0.4) is 0 Å². The molecule has 1 aromatic carbocycles. The summed E-state index contributed by atoms with van der Waals surface area (Å²) in [6.07, 6.45) is 3.13. The standard InChI is InChI=1S/C14H19F2NO/c1-17(10-4-2-5-10)9-8-13(18)11-6-3-7-12(15)14(11)16/h3,6-7,10,13,18H,2,4-5,8-9H2,1H3. The maximum Gasteiger partial charge on any atom is 0.164 e. The van der Waals surface area contributed by atoms with Crippen LogP contribution in [0.5, 0.6) is 0 Å². The molecule has 18 heavy (non-hydrogen) atoms. The minimum absolute atomic E-state index is 0.0528. The van der Waals surface area contributed by atoms with Gasteiger partial charge in [0.15, 0.2) is 11.6 Å². The molecule has 0 saturated heterocycles. The van der Waals surface area contributed by atoms with Gasteiger partial charge < -0.3 is 10.0 Å². The van der Waals surface area contributed by atoms with Gasteiger partial charge in [-0.15, -0.1) is 0 Å². The van der Waals surface area contributed by atoms with Crippen molar-refractivity contribution in [3.05, 3.63) is 35.4 Å². The summed E-state index contributed by atoms with van der Waals surface area (Å²) < 4.78 is 26.5. The molecule has 1 aliphatic carbocycles. The Morgan fingerprint density at radius 3 is 2.72 bits per heavy atom. The lowest BCUT2D eigenvalue weighted by molar-refractivity contribution is 0.109. The second kappa shape index (κ2) is 5.76. The first kappa shape index (κ1) is 13.4. The summed E-state index contributed by atoms with van der Waals surface area (Å²) in [5, 5.41) is 9.91. The molecule has 4 heteroatoms. The summed E-state index contributed by atoms with van der Waals surface area (Å²) in [7, 11) is 2.01. The Hall–Kier alpha value is -1.00. The summed E-state index contributed by atoms with van der Waals surface area (Å²) in [6.45, 7) is 0.696. The third-order valence-electron chi connectivity index (χ3n) is 3.79. The van der Waals surface area contributed by atoms with Crippen LogP contribution in [-0.4, -0.2) is 29.6 Å². The molecule has 2 rings (SSSR count). The summed E-state index contributed by atoms with van der Waals surface area (Å²) in [5.41, 5.74) is 0.0528. The van der Waals surface area contributed by atoms with Crippen LogP contribution in [0.4, 0.5) is 8.78 Å². The first-order valence-electron chi connectivity index (χ1n) is 6.42. The van der Waals surface area contributed by atoms with Crippen LogP contribution in [0.2, 0.25) is 0 Å². The third-order valence-corrected chi connectivity index (χ3v) is 3.79. The molecule has 0 amide bonds. The molecule has 1 unspecified atom stereocenters. The van der Waals surface area contributed by atoms with Crippen molar-refractivity contribution in [2.45, 2.75) is 37.8 Å². The van der Waals surface area contributed by atoms with E-state index >= 15 is 0 Å². The molecule has 1 aliphatic rings. The highest BCUT2D eigenvalue weighted by molar-refractivity contribution is 5.21. The Morgan fingerprint density at radius 2 is 2.11 bits per heavy atom. The van der Waals surface area contributed by atoms with Crippen LogP contribution in [0.15, 0.2) is 18.2 Å². The van der Waals surface area contributed by atoms with Gasteiger partial charge in [-0.25, -0.2) is 8.78 Å². The van der Waals surface area contributed by atoms with E-state index in [1.54, 1.807) is 0 Å². The number of aliphatic hydroxyl groups excluding tert-OH is 1. The van der Waals surface area contributed by atoms with Crippen LogP contribution in [0.25, 0.3) is 0 Å². The Balaban J connectivity index is 1.90. The van der Waals surface area contributed by atoms with Crippen molar-refractivity contribution in [3.8, 4) is 0 Å². The highest BCUT2D eigenvalue weighted by Gasteiger charge is 2.23. The fourth-order valence-electron chi connectivity index (χ4n) is 2.27. The van der Waals surface area contributed by atoms with Crippen molar-refractivity contribution in [2.24, 2.45) is 0 Å². The maximum atomic E-state index is 13.5. The van der Waals surface area contributed by atoms with E-state index in [1.165, 1.54) is 31.4 Å². The predicted molar refractivity (Wildman–Crippen MR) is 66.2 cm³/mol. The van der Waals surface area contributed by atoms with Gasteiger partial charge in [-0.3, -0.25) is 0 Å². The van der Waals surface area contributed by atoms with Gasteiger partial charge in [0, 0.05) is 18.2 Å². The van der Waals surface area contributed by atoms with Gasteiger partial charge in [0.2, 0.25) is 0 Å². The number of aliphatic hydroxyl groups is 1. The molecule has 1 atom stereocenters. The van der Waals surface area contributed by atoms with Crippen LogP contribution in [0.1, 0.15) is 37.4 Å². The molecule has 1 aromatic rings. The van der Waals surface area contributed by atoms with E-state index < -0.39 is 17.7 Å². The van der Waals surface area contributed by atoms with Gasteiger partial charge >= 0.3 is 0 Å². The minimum Gasteiger partial charge on any atom is -0.388 e. The minimum atomic E-state index is -0.941. The molecule has 1 N–H and O–H groups in total. The lowest BCUT2D eigenvalue weighted by Gasteiger charge is -2.35. The molecule has 0 aliphatic heterocycles. The number of rotatable bonds is 5. The molecule has 0 bridgehead atoms. The predicted octanol–water partition coefficient (Wildman–Crippen LogP) is 2.87. The fourth-order valence-corrected chi connectivity index (χ4v) is 2.27. The molecule has 1 fully saturated rings. The van der Waals surface area contributed by atoms with Gasteiger partial charge in [0.05, 0.1) is 6.10 Å². The third kappa shape index (κ3) is 2.87. The molecule has 0 radical (unpaired) electrons. The molecular formula is C14H19F2NO. The zero-order valence-corrected chi connectivity index (χ0v) is 10.6. The van der Waals surface area contributed by atoms with Crippen LogP contribution >= 0.6 is 0 Å². The second-order valence-electron chi connectivity index (χ2n) is 5.01. The highest BCUT2D eigenvalue weighted by atomic mass is 19.2. The SMILES string of the molecule is CN(CCC(O)c1cccc(F)c1F)C1CCC1. The smallest absolute Gasteiger partial charge is 0.164 e. The lowest BCUT2D eigenvalue weighted by atomic mass is 9.91. The van der Waals surface area contributed by atoms with Crippen molar-refractivity contribution in [1.82, 2.24) is 4.90 Å². The van der Waals surface area contributed by atoms with Crippen molar-refractivity contribution in [1.29, 1.82) is 0 Å². The normalized spacial score (nSPS) is 17.8. The number of hydrogen-bond acceptors (Lipinski definition) is 2. The van der Waals surface area contributed by atoms with Gasteiger partial charge in [0.25, 0.3) is 0 Å². The Labute approximate surface area is 106 Å². The summed E-state index contributed by atoms with van der Waals surface area (Å²) in [6, 6.07) is 4.51. The summed E-state index contributed by atoms with van der Waals surface area (Å²) >= 11 is 0. The first-order chi connectivity index (χ1) is 8.59. The van der Waals surface area contributed by atoms with Crippen LogP contribution in [-0.2, 0) is 0 Å². The first-order valence-corrected chi connectivity index (χ1v) is 6.42. The maximum absolute atomic E-state index is 13.5. The largest absolute Gasteiger partial charge is 0.388 e. The van der Waals surface area contributed by atoms with Crippen molar-refractivity contribution >= 4 is 0 Å². The van der Waals surface area contributed by atoms with Crippen molar-refractivity contribution in [2.75, 3.05) is 13.6 Å². The van der Waals surface area contributed by atoms with Crippen LogP contribution in [0, 0.1) is 11.6 Å². The Kier molecular flexibility index (Phi) is 4.30. The van der Waals surface area contributed by atoms with Crippen molar-refractivity contribution in [3.63, 3.8) is 0 Å². The van der Waals surface area contributed by atoms with E-state index in [9.17, 15) is 13.9 Å². The number of halogens is 2. The molecule has 2 nitrogen and oxygen atoms in total. The molecule has 0 spiro atoms. The number of hydrogen-bond donors (Lipinski definition) is 1. The Bertz CT molecular complexity index is 407. The average molecular weight is 255 g/mol. The quantitative estimate of drug-likeness (QED) is 0.874. The van der Waals surface area contributed by atoms with E-state index in [0.29, 0.717) is 19.0 Å². The number of benzene rings is 1. The van der Waals surface area contributed by atoms with Crippen molar-refractivity contribution < 1.29 is 13.9 Å². The van der Waals surface area contributed by atoms with E-state index in [-0.39, 0.29) is 5.56 Å². The van der Waals surface area contributed by atoms with Gasteiger partial charge in [-0.1, -0.05) is 18.6 Å². The zero-order valence-electron chi connectivity index (χ0n) is 10.6. The van der Waals surface area contributed by atoms with E-state index in [0.717, 1.165) is 6.07 Å². The molecule has 100 valence electrons. The fraction of sp³-hybridized carbons (Fsp3) is 0.571. The van der Waals surface area contributed by atoms with Gasteiger partial charge in [-0.2, -0.15) is 0 Å². The average Bonchev–Trinajstić information content (AvgIpc) is 2.27. The summed E-state index contributed by atoms with van der Waals surface area (Å²) in [4.78, 5) is 2.18. The number of nitrogens with zero attached hydrogens (tertiary/aromatic N) is 1. The van der Waals surface area contributed by atoms with Crippen LogP contribution < -0.4 is 0 Å². The highest BCUT2D eigenvalue weighted by Crippen LogP contribution is 2.26. The topological polar surface area (TPSA) is 23.5 Å². The second-order valence-corrected chi connectivity index (χ2v) is 5.01. The van der Waals surface area contributed by atoms with E-state index in [2.05, 4.69) is 4.90 Å². The molecule has 1 saturated carbocycles. The van der Waals surface area contributed by atoms with E-state index in [1.807, 2.05) is 7.05 Å². The lowest BCUT2D eigenvalue weighted by Crippen LogP contribution is -2.38. The zero-order chi connectivity index (χ0) is 13.1.